The van der Waals surface area contributed by atoms with E-state index in [1.54, 1.807) is 6.92 Å². The minimum absolute atomic E-state index is 0.00445. The third-order valence-electron chi connectivity index (χ3n) is 2.27. The van der Waals surface area contributed by atoms with E-state index in [2.05, 4.69) is 12.2 Å². The van der Waals surface area contributed by atoms with Crippen molar-refractivity contribution in [3.63, 3.8) is 0 Å². The molecule has 0 aliphatic rings. The van der Waals surface area contributed by atoms with Gasteiger partial charge in [0.15, 0.2) is 0 Å². The Morgan fingerprint density at radius 1 is 1.29 bits per heavy atom. The van der Waals surface area contributed by atoms with E-state index >= 15 is 0 Å². The number of nitrogens with one attached hydrogen (secondary N) is 1. The lowest BCUT2D eigenvalue weighted by atomic mass is 10.3. The van der Waals surface area contributed by atoms with Crippen LogP contribution in [0.25, 0.3) is 0 Å². The highest BCUT2D eigenvalue weighted by Gasteiger charge is 2.08. The predicted molar refractivity (Wildman–Crippen MR) is 66.7 cm³/mol. The number of nitrogens with zero attached hydrogens (tertiary/aromatic N) is 1. The fourth-order valence-corrected chi connectivity index (χ4v) is 1.30. The fraction of sp³-hybridized carbons (Fsp3) is 0.833. The number of ether oxygens (including phenoxy) is 1. The van der Waals surface area contributed by atoms with Gasteiger partial charge in [0.1, 0.15) is 0 Å². The Labute approximate surface area is 103 Å². The van der Waals surface area contributed by atoms with Crippen LogP contribution in [0.1, 0.15) is 33.1 Å². The summed E-state index contributed by atoms with van der Waals surface area (Å²) in [7, 11) is 1.82. The number of carbonyl (C=O) groups excluding carboxylic acids is 2. The first-order valence-electron chi connectivity index (χ1n) is 6.21. The van der Waals surface area contributed by atoms with Crippen LogP contribution in [0.4, 0.5) is 0 Å². The van der Waals surface area contributed by atoms with Gasteiger partial charge in [0.2, 0.25) is 5.91 Å². The van der Waals surface area contributed by atoms with Crippen molar-refractivity contribution in [1.29, 1.82) is 0 Å². The van der Waals surface area contributed by atoms with Crippen molar-refractivity contribution in [2.45, 2.75) is 33.1 Å². The van der Waals surface area contributed by atoms with E-state index in [1.165, 1.54) is 0 Å². The van der Waals surface area contributed by atoms with Crippen LogP contribution in [0.2, 0.25) is 0 Å². The summed E-state index contributed by atoms with van der Waals surface area (Å²) in [4.78, 5) is 24.3. The fourth-order valence-electron chi connectivity index (χ4n) is 1.30. The Kier molecular flexibility index (Phi) is 9.43. The maximum atomic E-state index is 11.4. The highest BCUT2D eigenvalue weighted by molar-refractivity contribution is 5.78. The van der Waals surface area contributed by atoms with E-state index in [9.17, 15) is 9.59 Å². The van der Waals surface area contributed by atoms with Gasteiger partial charge in [0.25, 0.3) is 0 Å². The van der Waals surface area contributed by atoms with Crippen molar-refractivity contribution in [3.05, 3.63) is 0 Å². The molecule has 5 nitrogen and oxygen atoms in total. The van der Waals surface area contributed by atoms with Gasteiger partial charge in [-0.3, -0.25) is 14.5 Å². The largest absolute Gasteiger partial charge is 0.466 e. The summed E-state index contributed by atoms with van der Waals surface area (Å²) in [6.45, 7) is 5.85. The molecule has 0 saturated carbocycles. The van der Waals surface area contributed by atoms with Crippen LogP contribution in [-0.4, -0.2) is 50.1 Å². The zero-order chi connectivity index (χ0) is 13.1. The second kappa shape index (κ2) is 10.1. The van der Waals surface area contributed by atoms with Gasteiger partial charge in [0.05, 0.1) is 19.6 Å². The predicted octanol–water partition coefficient (Wildman–Crippen LogP) is 0.788. The monoisotopic (exact) mass is 244 g/mol. The lowest BCUT2D eigenvalue weighted by Gasteiger charge is -2.15. The average Bonchev–Trinajstić information content (AvgIpc) is 2.27. The van der Waals surface area contributed by atoms with Gasteiger partial charge in [-0.05, 0) is 20.4 Å². The molecule has 0 saturated heterocycles. The highest BCUT2D eigenvalue weighted by atomic mass is 16.5. The van der Waals surface area contributed by atoms with Crippen LogP contribution in [-0.2, 0) is 14.3 Å². The molecule has 0 radical (unpaired) electrons. The molecular formula is C12H24N2O3. The lowest BCUT2D eigenvalue weighted by Crippen LogP contribution is -2.36. The van der Waals surface area contributed by atoms with Gasteiger partial charge in [-0.15, -0.1) is 0 Å². The van der Waals surface area contributed by atoms with Gasteiger partial charge >= 0.3 is 5.97 Å². The summed E-state index contributed by atoms with van der Waals surface area (Å²) >= 11 is 0. The smallest absolute Gasteiger partial charge is 0.307 e. The summed E-state index contributed by atoms with van der Waals surface area (Å²) < 4.78 is 4.81. The van der Waals surface area contributed by atoms with Gasteiger partial charge < -0.3 is 10.1 Å². The standard InChI is InChI=1S/C12H24N2O3/c1-4-6-8-13-11(15)10-14(3)9-7-12(16)17-5-2/h4-10H2,1-3H3,(H,13,15). The molecule has 0 aromatic rings. The summed E-state index contributed by atoms with van der Waals surface area (Å²) in [6, 6.07) is 0. The Balaban J connectivity index is 3.59. The Morgan fingerprint density at radius 3 is 2.59 bits per heavy atom. The number of esters is 1. The molecule has 5 heteroatoms. The summed E-state index contributed by atoms with van der Waals surface area (Å²) in [5.74, 6) is -0.212. The molecule has 0 aliphatic heterocycles. The second-order valence-electron chi connectivity index (χ2n) is 4.00. The third-order valence-corrected chi connectivity index (χ3v) is 2.27. The number of hydrogen-bond donors (Lipinski definition) is 1. The first-order chi connectivity index (χ1) is 8.10. The second-order valence-corrected chi connectivity index (χ2v) is 4.00. The number of likely N-dealkylation sites (N-methyl/N-ethyl adjacent to an activating group) is 1. The molecule has 17 heavy (non-hydrogen) atoms. The molecule has 0 unspecified atom stereocenters. The molecule has 100 valence electrons. The number of amides is 1. The summed E-state index contributed by atoms with van der Waals surface area (Å²) in [6.07, 6.45) is 2.39. The molecule has 0 aromatic heterocycles. The normalized spacial score (nSPS) is 10.4. The summed E-state index contributed by atoms with van der Waals surface area (Å²) in [5.41, 5.74) is 0. The molecule has 0 heterocycles. The van der Waals surface area contributed by atoms with E-state index in [1.807, 2.05) is 11.9 Å². The molecule has 1 amide bonds. The molecule has 0 atom stereocenters. The van der Waals surface area contributed by atoms with Crippen molar-refractivity contribution in [2.75, 3.05) is 33.3 Å². The third kappa shape index (κ3) is 9.81. The van der Waals surface area contributed by atoms with Crippen LogP contribution in [0.15, 0.2) is 0 Å². The molecular weight excluding hydrogens is 220 g/mol. The number of rotatable bonds is 9. The number of hydrogen-bond acceptors (Lipinski definition) is 4. The quantitative estimate of drug-likeness (QED) is 0.481. The van der Waals surface area contributed by atoms with Crippen LogP contribution >= 0.6 is 0 Å². The van der Waals surface area contributed by atoms with E-state index in [4.69, 9.17) is 4.74 Å². The maximum Gasteiger partial charge on any atom is 0.307 e. The van der Waals surface area contributed by atoms with Crippen LogP contribution in [0.5, 0.6) is 0 Å². The van der Waals surface area contributed by atoms with Gasteiger partial charge in [-0.25, -0.2) is 0 Å². The first-order valence-corrected chi connectivity index (χ1v) is 6.21. The molecule has 1 N–H and O–H groups in total. The zero-order valence-electron chi connectivity index (χ0n) is 11.1. The number of unbranched alkanes of at least 4 members (excludes halogenated alkanes) is 1. The average molecular weight is 244 g/mol. The lowest BCUT2D eigenvalue weighted by molar-refractivity contribution is -0.143. The summed E-state index contributed by atoms with van der Waals surface area (Å²) in [5, 5.41) is 2.83. The van der Waals surface area contributed by atoms with E-state index in [0.29, 0.717) is 26.1 Å². The van der Waals surface area contributed by atoms with E-state index in [-0.39, 0.29) is 11.9 Å². The molecule has 0 bridgehead atoms. The molecule has 0 spiro atoms. The van der Waals surface area contributed by atoms with Crippen molar-refractivity contribution in [3.8, 4) is 0 Å². The Hall–Kier alpha value is -1.10. The zero-order valence-corrected chi connectivity index (χ0v) is 11.1. The number of carbonyl (C=O) groups is 2. The van der Waals surface area contributed by atoms with Crippen molar-refractivity contribution in [2.24, 2.45) is 0 Å². The Morgan fingerprint density at radius 2 is 2.00 bits per heavy atom. The highest BCUT2D eigenvalue weighted by Crippen LogP contribution is 1.91. The molecule has 0 fully saturated rings. The minimum Gasteiger partial charge on any atom is -0.466 e. The van der Waals surface area contributed by atoms with Gasteiger partial charge in [-0.1, -0.05) is 13.3 Å². The van der Waals surface area contributed by atoms with Crippen LogP contribution in [0, 0.1) is 0 Å². The minimum atomic E-state index is -0.217. The van der Waals surface area contributed by atoms with Crippen molar-refractivity contribution in [1.82, 2.24) is 10.2 Å². The first kappa shape index (κ1) is 15.9. The maximum absolute atomic E-state index is 11.4. The Bertz CT molecular complexity index is 232. The van der Waals surface area contributed by atoms with Crippen molar-refractivity contribution < 1.29 is 14.3 Å². The topological polar surface area (TPSA) is 58.6 Å². The molecule has 0 rings (SSSR count). The van der Waals surface area contributed by atoms with Crippen LogP contribution < -0.4 is 5.32 Å². The van der Waals surface area contributed by atoms with Gasteiger partial charge in [-0.2, -0.15) is 0 Å². The van der Waals surface area contributed by atoms with Crippen LogP contribution in [0.3, 0.4) is 0 Å². The van der Waals surface area contributed by atoms with E-state index < -0.39 is 0 Å². The van der Waals surface area contributed by atoms with Gasteiger partial charge in [0, 0.05) is 13.1 Å². The SMILES string of the molecule is CCCCNC(=O)CN(C)CCC(=O)OCC. The molecule has 0 aromatic carbocycles. The molecule has 0 aliphatic carbocycles. The van der Waals surface area contributed by atoms with Crippen molar-refractivity contribution >= 4 is 11.9 Å². The van der Waals surface area contributed by atoms with E-state index in [0.717, 1.165) is 19.4 Å².